The third kappa shape index (κ3) is 3.86. The lowest BCUT2D eigenvalue weighted by Gasteiger charge is -2.35. The molecule has 1 aromatic carbocycles. The fourth-order valence-corrected chi connectivity index (χ4v) is 4.90. The van der Waals surface area contributed by atoms with Gasteiger partial charge in [0, 0.05) is 51.2 Å². The highest BCUT2D eigenvalue weighted by atomic mass is 16.6. The van der Waals surface area contributed by atoms with E-state index in [9.17, 15) is 10.1 Å². The van der Waals surface area contributed by atoms with E-state index in [0.717, 1.165) is 50.3 Å². The van der Waals surface area contributed by atoms with Crippen LogP contribution in [0.15, 0.2) is 35.2 Å². The molecule has 0 atom stereocenters. The van der Waals surface area contributed by atoms with Crippen molar-refractivity contribution in [1.82, 2.24) is 20.2 Å². The highest BCUT2D eigenvalue weighted by Gasteiger charge is 2.33. The summed E-state index contributed by atoms with van der Waals surface area (Å²) in [5.41, 5.74) is 3.24. The third-order valence-electron chi connectivity index (χ3n) is 6.68. The number of nitro benzene ring substituents is 1. The SMILES string of the molecule is CN1CCN(c2cc(N(Cc3ccncc3)C3CCCC3)c3nonc3c2[N+](=O)[O-])CC1. The summed E-state index contributed by atoms with van der Waals surface area (Å²) in [5.74, 6) is 0. The van der Waals surface area contributed by atoms with E-state index in [0.29, 0.717) is 23.8 Å². The fourth-order valence-electron chi connectivity index (χ4n) is 4.90. The zero-order valence-electron chi connectivity index (χ0n) is 18.2. The Balaban J connectivity index is 1.65. The van der Waals surface area contributed by atoms with Gasteiger partial charge in [0.2, 0.25) is 5.52 Å². The van der Waals surface area contributed by atoms with Gasteiger partial charge in [-0.3, -0.25) is 15.1 Å². The maximum absolute atomic E-state index is 12.1. The van der Waals surface area contributed by atoms with Gasteiger partial charge in [-0.15, -0.1) is 0 Å². The Kier molecular flexibility index (Phi) is 5.60. The van der Waals surface area contributed by atoms with Crippen LogP contribution in [0, 0.1) is 10.1 Å². The number of hydrogen-bond donors (Lipinski definition) is 0. The molecule has 0 radical (unpaired) electrons. The van der Waals surface area contributed by atoms with Gasteiger partial charge in [0.25, 0.3) is 0 Å². The average molecular weight is 438 g/mol. The van der Waals surface area contributed by atoms with Crippen molar-refractivity contribution in [1.29, 1.82) is 0 Å². The van der Waals surface area contributed by atoms with E-state index >= 15 is 0 Å². The second-order valence-corrected chi connectivity index (χ2v) is 8.69. The molecule has 1 saturated heterocycles. The molecule has 3 aromatic rings. The zero-order chi connectivity index (χ0) is 22.1. The maximum atomic E-state index is 12.1. The molecule has 1 aliphatic carbocycles. The molecule has 5 rings (SSSR count). The first kappa shape index (κ1) is 20.6. The molecule has 0 bridgehead atoms. The molecule has 2 aromatic heterocycles. The molecule has 0 amide bonds. The molecule has 1 aliphatic heterocycles. The third-order valence-corrected chi connectivity index (χ3v) is 6.68. The number of anilines is 2. The normalized spacial score (nSPS) is 17.8. The van der Waals surface area contributed by atoms with Crippen molar-refractivity contribution >= 4 is 28.1 Å². The van der Waals surface area contributed by atoms with Crippen LogP contribution in [0.4, 0.5) is 17.1 Å². The Hall–Kier alpha value is -3.27. The van der Waals surface area contributed by atoms with Crippen LogP contribution >= 0.6 is 0 Å². The number of rotatable bonds is 6. The van der Waals surface area contributed by atoms with Gasteiger partial charge in [-0.2, -0.15) is 0 Å². The minimum absolute atomic E-state index is 0.0233. The lowest BCUT2D eigenvalue weighted by atomic mass is 10.1. The van der Waals surface area contributed by atoms with Crippen molar-refractivity contribution in [2.75, 3.05) is 43.0 Å². The fraction of sp³-hybridized carbons (Fsp3) is 0.500. The Morgan fingerprint density at radius 2 is 1.81 bits per heavy atom. The summed E-state index contributed by atoms with van der Waals surface area (Å²) in [6, 6.07) is 6.29. The molecular weight excluding hydrogens is 410 g/mol. The Morgan fingerprint density at radius 3 is 2.50 bits per heavy atom. The Labute approximate surface area is 185 Å². The predicted molar refractivity (Wildman–Crippen MR) is 121 cm³/mol. The van der Waals surface area contributed by atoms with E-state index in [4.69, 9.17) is 4.63 Å². The summed E-state index contributed by atoms with van der Waals surface area (Å²) >= 11 is 0. The van der Waals surface area contributed by atoms with Crippen LogP contribution in [0.1, 0.15) is 31.2 Å². The quantitative estimate of drug-likeness (QED) is 0.424. The van der Waals surface area contributed by atoms with Gasteiger partial charge in [-0.25, -0.2) is 4.63 Å². The largest absolute Gasteiger partial charge is 0.363 e. The van der Waals surface area contributed by atoms with Crippen LogP contribution in [0.25, 0.3) is 11.0 Å². The monoisotopic (exact) mass is 437 g/mol. The van der Waals surface area contributed by atoms with Crippen molar-refractivity contribution < 1.29 is 9.55 Å². The molecule has 0 N–H and O–H groups in total. The number of nitrogens with zero attached hydrogens (tertiary/aromatic N) is 7. The molecule has 0 unspecified atom stereocenters. The molecule has 168 valence electrons. The van der Waals surface area contributed by atoms with Crippen LogP contribution in [0.3, 0.4) is 0 Å². The number of pyridine rings is 1. The van der Waals surface area contributed by atoms with E-state index < -0.39 is 0 Å². The van der Waals surface area contributed by atoms with E-state index in [2.05, 4.69) is 37.0 Å². The van der Waals surface area contributed by atoms with Crippen molar-refractivity contribution in [2.45, 2.75) is 38.3 Å². The molecule has 10 heteroatoms. The van der Waals surface area contributed by atoms with E-state index in [1.54, 1.807) is 12.4 Å². The summed E-state index contributed by atoms with van der Waals surface area (Å²) in [5, 5.41) is 20.2. The average Bonchev–Trinajstić information content (AvgIpc) is 3.50. The van der Waals surface area contributed by atoms with E-state index in [1.165, 1.54) is 12.8 Å². The van der Waals surface area contributed by atoms with Crippen LogP contribution in [-0.2, 0) is 6.54 Å². The number of hydrogen-bond acceptors (Lipinski definition) is 9. The topological polar surface area (TPSA) is 105 Å². The predicted octanol–water partition coefficient (Wildman–Crippen LogP) is 3.23. The van der Waals surface area contributed by atoms with Crippen LogP contribution in [-0.4, -0.2) is 64.4 Å². The highest BCUT2D eigenvalue weighted by molar-refractivity contribution is 6.00. The Morgan fingerprint density at radius 1 is 1.12 bits per heavy atom. The summed E-state index contributed by atoms with van der Waals surface area (Å²) in [6.45, 7) is 3.83. The number of nitro groups is 1. The van der Waals surface area contributed by atoms with Gasteiger partial charge in [-0.1, -0.05) is 12.8 Å². The molecule has 2 fully saturated rings. The summed E-state index contributed by atoms with van der Waals surface area (Å²) < 4.78 is 5.05. The van der Waals surface area contributed by atoms with Gasteiger partial charge in [0.15, 0.2) is 5.52 Å². The minimum atomic E-state index is -0.354. The second-order valence-electron chi connectivity index (χ2n) is 8.69. The van der Waals surface area contributed by atoms with Gasteiger partial charge in [0.05, 0.1) is 10.6 Å². The number of likely N-dealkylation sites (N-methyl/N-ethyl adjacent to an activating group) is 1. The summed E-state index contributed by atoms with van der Waals surface area (Å²) in [4.78, 5) is 22.5. The molecule has 2 aliphatic rings. The van der Waals surface area contributed by atoms with Crippen LogP contribution in [0.2, 0.25) is 0 Å². The van der Waals surface area contributed by atoms with Gasteiger partial charge in [-0.05, 0) is 54.0 Å². The molecule has 0 spiro atoms. The molecule has 1 saturated carbocycles. The second kappa shape index (κ2) is 8.70. The lowest BCUT2D eigenvalue weighted by molar-refractivity contribution is -0.382. The van der Waals surface area contributed by atoms with E-state index in [1.807, 2.05) is 18.2 Å². The zero-order valence-corrected chi connectivity index (χ0v) is 18.2. The van der Waals surface area contributed by atoms with Crippen LogP contribution < -0.4 is 9.80 Å². The van der Waals surface area contributed by atoms with Crippen molar-refractivity contribution in [3.63, 3.8) is 0 Å². The molecule has 10 nitrogen and oxygen atoms in total. The molecule has 32 heavy (non-hydrogen) atoms. The molecular formula is C22H27N7O3. The van der Waals surface area contributed by atoms with Crippen molar-refractivity contribution in [2.24, 2.45) is 0 Å². The summed E-state index contributed by atoms with van der Waals surface area (Å²) in [6.07, 6.45) is 8.10. The first-order valence-corrected chi connectivity index (χ1v) is 11.1. The van der Waals surface area contributed by atoms with Crippen molar-refractivity contribution in [3.05, 3.63) is 46.3 Å². The first-order chi connectivity index (χ1) is 15.6. The number of aromatic nitrogens is 3. The van der Waals surface area contributed by atoms with Crippen LogP contribution in [0.5, 0.6) is 0 Å². The highest BCUT2D eigenvalue weighted by Crippen LogP contribution is 2.43. The first-order valence-electron chi connectivity index (χ1n) is 11.1. The molecule has 3 heterocycles. The standard InChI is InChI=1S/C22H27N7O3/c1-26-10-12-27(13-11-26)19-14-18(20-21(25-32-24-20)22(19)29(30)31)28(17-4-2-3-5-17)15-16-6-8-23-9-7-16/h6-9,14,17H,2-5,10-13,15H2,1H3. The number of fused-ring (bicyclic) bond motifs is 1. The van der Waals surface area contributed by atoms with Gasteiger partial charge < -0.3 is 14.7 Å². The van der Waals surface area contributed by atoms with Crippen molar-refractivity contribution in [3.8, 4) is 0 Å². The summed E-state index contributed by atoms with van der Waals surface area (Å²) in [7, 11) is 2.07. The minimum Gasteiger partial charge on any atom is -0.363 e. The smallest absolute Gasteiger partial charge is 0.323 e. The van der Waals surface area contributed by atoms with Gasteiger partial charge in [0.1, 0.15) is 5.69 Å². The maximum Gasteiger partial charge on any atom is 0.323 e. The van der Waals surface area contributed by atoms with E-state index in [-0.39, 0.29) is 16.1 Å². The van der Waals surface area contributed by atoms with Gasteiger partial charge >= 0.3 is 5.69 Å². The number of benzene rings is 1. The number of piperazine rings is 1. The Bertz CT molecular complexity index is 1090. The lowest BCUT2D eigenvalue weighted by Crippen LogP contribution is -2.44.